The maximum Gasteiger partial charge on any atom is 0.459 e. The Bertz CT molecular complexity index is 1390. The molecule has 4 rings (SSSR count). The number of nitrogens with zero attached hydrogens (tertiary/aromatic N) is 2. The van der Waals surface area contributed by atoms with Crippen LogP contribution in [0.5, 0.6) is 0 Å². The summed E-state index contributed by atoms with van der Waals surface area (Å²) in [5.74, 6) is -6.01. The quantitative estimate of drug-likeness (QED) is 0.372. The molecule has 0 saturated carbocycles. The van der Waals surface area contributed by atoms with Crippen LogP contribution in [0.4, 0.5) is 32.0 Å². The van der Waals surface area contributed by atoms with Crippen molar-refractivity contribution in [1.82, 2.24) is 0 Å². The fourth-order valence-corrected chi connectivity index (χ4v) is 4.45. The average molecular weight is 512 g/mol. The van der Waals surface area contributed by atoms with E-state index in [9.17, 15) is 34.8 Å². The van der Waals surface area contributed by atoms with Crippen molar-refractivity contribution < 1.29 is 34.8 Å². The largest absolute Gasteiger partial charge is 0.459 e. The van der Waals surface area contributed by atoms with Crippen molar-refractivity contribution in [2.45, 2.75) is 29.5 Å². The summed E-state index contributed by atoms with van der Waals surface area (Å²) < 4.78 is 105. The third-order valence-corrected chi connectivity index (χ3v) is 6.73. The molecule has 11 heteroatoms. The molecular formula is C24H18F6N2O2S. The van der Waals surface area contributed by atoms with Crippen LogP contribution < -0.4 is 5.01 Å². The molecule has 1 aliphatic rings. The topological polar surface area (TPSA) is 49.7 Å². The number of halogens is 6. The van der Waals surface area contributed by atoms with Gasteiger partial charge >= 0.3 is 12.1 Å². The third kappa shape index (κ3) is 4.77. The molecule has 0 aromatic heterocycles. The van der Waals surface area contributed by atoms with Gasteiger partial charge in [-0.1, -0.05) is 48.5 Å². The molecule has 4 nitrogen and oxygen atoms in total. The molecule has 0 spiro atoms. The van der Waals surface area contributed by atoms with Crippen molar-refractivity contribution in [3.63, 3.8) is 0 Å². The average Bonchev–Trinajstić information content (AvgIpc) is 3.24. The monoisotopic (exact) mass is 512 g/mol. The van der Waals surface area contributed by atoms with Gasteiger partial charge in [-0.3, -0.25) is 5.01 Å². The lowest BCUT2D eigenvalue weighted by Crippen LogP contribution is -2.43. The summed E-state index contributed by atoms with van der Waals surface area (Å²) in [4.78, 5) is 0.105. The number of hydrazone groups is 1. The van der Waals surface area contributed by atoms with E-state index in [0.29, 0.717) is 16.7 Å². The molecule has 184 valence electrons. The van der Waals surface area contributed by atoms with Crippen molar-refractivity contribution in [3.8, 4) is 11.1 Å². The zero-order valence-electron chi connectivity index (χ0n) is 18.1. The molecule has 0 aliphatic carbocycles. The van der Waals surface area contributed by atoms with Crippen molar-refractivity contribution in [2.24, 2.45) is 5.10 Å². The van der Waals surface area contributed by atoms with E-state index in [1.165, 1.54) is 42.5 Å². The van der Waals surface area contributed by atoms with E-state index in [1.807, 2.05) is 0 Å². The Morgan fingerprint density at radius 2 is 1.54 bits per heavy atom. The van der Waals surface area contributed by atoms with Gasteiger partial charge in [0, 0.05) is 12.7 Å². The minimum absolute atomic E-state index is 0.105. The molecule has 0 radical (unpaired) electrons. The van der Waals surface area contributed by atoms with Crippen LogP contribution >= 0.6 is 0 Å². The van der Waals surface area contributed by atoms with E-state index < -0.39 is 45.9 Å². The summed E-state index contributed by atoms with van der Waals surface area (Å²) in [6.45, 7) is 0. The lowest BCUT2D eigenvalue weighted by atomic mass is 9.96. The second-order valence-corrected chi connectivity index (χ2v) is 10.1. The van der Waals surface area contributed by atoms with Crippen LogP contribution in [-0.4, -0.2) is 32.5 Å². The Morgan fingerprint density at radius 1 is 0.886 bits per heavy atom. The van der Waals surface area contributed by atoms with Gasteiger partial charge in [-0.25, -0.2) is 12.8 Å². The standard InChI is InChI=1S/C24H18F6N2O2S/c1-35(33,34)18-6-4-5-17(13-18)15-9-11-16(12-10-15)21-14-22(23(26,27)24(28,29)30)31-32(21)20-8-3-2-7-19(20)25/h2-13,21H,14H2,1H3. The number of para-hydroxylation sites is 1. The van der Waals surface area contributed by atoms with Gasteiger partial charge in [0.15, 0.2) is 9.84 Å². The molecule has 1 atom stereocenters. The highest BCUT2D eigenvalue weighted by molar-refractivity contribution is 7.90. The van der Waals surface area contributed by atoms with Gasteiger partial charge in [-0.05, 0) is 41.0 Å². The summed E-state index contributed by atoms with van der Waals surface area (Å²) in [7, 11) is -3.45. The second-order valence-electron chi connectivity index (χ2n) is 8.06. The molecule has 3 aromatic rings. The minimum atomic E-state index is -5.85. The predicted octanol–water partition coefficient (Wildman–Crippen LogP) is 6.40. The lowest BCUT2D eigenvalue weighted by molar-refractivity contribution is -0.249. The van der Waals surface area contributed by atoms with Crippen LogP contribution in [0.3, 0.4) is 0 Å². The van der Waals surface area contributed by atoms with Gasteiger partial charge < -0.3 is 0 Å². The van der Waals surface area contributed by atoms with Crippen LogP contribution in [-0.2, 0) is 9.84 Å². The zero-order chi connectivity index (χ0) is 25.6. The molecule has 3 aromatic carbocycles. The maximum absolute atomic E-state index is 14.4. The summed E-state index contributed by atoms with van der Waals surface area (Å²) in [6, 6.07) is 16.3. The normalized spacial score (nSPS) is 16.9. The third-order valence-electron chi connectivity index (χ3n) is 5.62. The Labute approximate surface area is 197 Å². The molecule has 0 bridgehead atoms. The van der Waals surface area contributed by atoms with Gasteiger partial charge in [0.2, 0.25) is 0 Å². The number of alkyl halides is 5. The van der Waals surface area contributed by atoms with Gasteiger partial charge in [0.05, 0.1) is 16.6 Å². The van der Waals surface area contributed by atoms with E-state index in [-0.39, 0.29) is 10.6 Å². The van der Waals surface area contributed by atoms with Crippen LogP contribution in [0.2, 0.25) is 0 Å². The first kappa shape index (κ1) is 24.8. The fourth-order valence-electron chi connectivity index (χ4n) is 3.79. The molecule has 0 fully saturated rings. The Balaban J connectivity index is 1.72. The van der Waals surface area contributed by atoms with Gasteiger partial charge in [-0.15, -0.1) is 0 Å². The summed E-state index contributed by atoms with van der Waals surface area (Å²) in [5, 5.41) is 4.34. The smallest absolute Gasteiger partial charge is 0.255 e. The first-order valence-electron chi connectivity index (χ1n) is 10.3. The number of hydrogen-bond donors (Lipinski definition) is 0. The summed E-state index contributed by atoms with van der Waals surface area (Å²) in [5.41, 5.74) is -0.166. The van der Waals surface area contributed by atoms with Crippen molar-refractivity contribution in [1.29, 1.82) is 0 Å². The van der Waals surface area contributed by atoms with Crippen LogP contribution in [0.25, 0.3) is 11.1 Å². The summed E-state index contributed by atoms with van der Waals surface area (Å²) in [6.07, 6.45) is -5.55. The van der Waals surface area contributed by atoms with Crippen LogP contribution in [0.1, 0.15) is 18.0 Å². The lowest BCUT2D eigenvalue weighted by Gasteiger charge is -2.24. The number of rotatable bonds is 5. The van der Waals surface area contributed by atoms with Gasteiger partial charge in [-0.2, -0.15) is 27.1 Å². The summed E-state index contributed by atoms with van der Waals surface area (Å²) >= 11 is 0. The highest BCUT2D eigenvalue weighted by Gasteiger charge is 2.62. The van der Waals surface area contributed by atoms with Crippen molar-refractivity contribution in [3.05, 3.63) is 84.2 Å². The number of hydrogen-bond acceptors (Lipinski definition) is 4. The van der Waals surface area contributed by atoms with E-state index in [4.69, 9.17) is 0 Å². The predicted molar refractivity (Wildman–Crippen MR) is 120 cm³/mol. The van der Waals surface area contributed by atoms with Crippen LogP contribution in [0.15, 0.2) is 82.8 Å². The highest BCUT2D eigenvalue weighted by Crippen LogP contribution is 2.45. The van der Waals surface area contributed by atoms with Crippen molar-refractivity contribution in [2.75, 3.05) is 11.3 Å². The molecule has 0 saturated heterocycles. The SMILES string of the molecule is CS(=O)(=O)c1cccc(-c2ccc(C3CC(C(F)(F)C(F)(F)F)=NN3c3ccccc3F)cc2)c1. The molecule has 1 aliphatic heterocycles. The van der Waals surface area contributed by atoms with E-state index in [2.05, 4.69) is 5.10 Å². The number of anilines is 1. The minimum Gasteiger partial charge on any atom is -0.255 e. The highest BCUT2D eigenvalue weighted by atomic mass is 32.2. The molecular weight excluding hydrogens is 494 g/mol. The Kier molecular flexibility index (Phi) is 6.16. The van der Waals surface area contributed by atoms with Gasteiger partial charge in [0.25, 0.3) is 0 Å². The van der Waals surface area contributed by atoms with E-state index in [0.717, 1.165) is 17.3 Å². The first-order chi connectivity index (χ1) is 16.3. The molecule has 0 N–H and O–H groups in total. The second kappa shape index (κ2) is 8.71. The molecule has 0 amide bonds. The Hall–Kier alpha value is -3.34. The molecule has 1 heterocycles. The number of benzene rings is 3. The van der Waals surface area contributed by atoms with E-state index >= 15 is 0 Å². The molecule has 1 unspecified atom stereocenters. The fraction of sp³-hybridized carbons (Fsp3) is 0.208. The van der Waals surface area contributed by atoms with E-state index in [1.54, 1.807) is 24.3 Å². The maximum atomic E-state index is 14.4. The number of sulfone groups is 1. The van der Waals surface area contributed by atoms with Crippen LogP contribution in [0, 0.1) is 5.82 Å². The van der Waals surface area contributed by atoms with Crippen molar-refractivity contribution >= 4 is 21.2 Å². The Morgan fingerprint density at radius 3 is 2.14 bits per heavy atom. The molecule has 35 heavy (non-hydrogen) atoms. The van der Waals surface area contributed by atoms with Gasteiger partial charge in [0.1, 0.15) is 11.5 Å². The first-order valence-corrected chi connectivity index (χ1v) is 12.1. The zero-order valence-corrected chi connectivity index (χ0v) is 18.9.